The molecule has 1 saturated heterocycles. The van der Waals surface area contributed by atoms with Crippen molar-refractivity contribution in [2.24, 2.45) is 5.73 Å². The second-order valence-electron chi connectivity index (χ2n) is 8.30. The lowest BCUT2D eigenvalue weighted by Gasteiger charge is -2.28. The molecule has 33 heavy (non-hydrogen) atoms. The van der Waals surface area contributed by atoms with Gasteiger partial charge in [0.2, 0.25) is 0 Å². The highest BCUT2D eigenvalue weighted by Gasteiger charge is 2.17. The highest BCUT2D eigenvalue weighted by molar-refractivity contribution is 5.95. The fourth-order valence-electron chi connectivity index (χ4n) is 4.34. The Balaban J connectivity index is 1.81. The van der Waals surface area contributed by atoms with Crippen molar-refractivity contribution in [2.45, 2.75) is 33.1 Å². The van der Waals surface area contributed by atoms with Crippen LogP contribution in [0.25, 0.3) is 34.4 Å². The molecule has 1 aliphatic rings. The standard InChI is InChI=1S/C27H32N6/c1-5-19(14-20(28)6-2)18(4)13-22-23(7-3)31-32-27(22)24-15-21-25(30-24)16-29-17-26(21)33-11-9-8-10-12-33/h5-7,13-17,30-31H,2,4,8-12,28H2,1,3H3/b19-5+,20-14+,22-13+,23-7+. The Labute approximate surface area is 194 Å². The van der Waals surface area contributed by atoms with E-state index in [1.165, 1.54) is 30.3 Å². The second kappa shape index (κ2) is 9.77. The van der Waals surface area contributed by atoms with E-state index in [0.29, 0.717) is 5.70 Å². The average molecular weight is 441 g/mol. The van der Waals surface area contributed by atoms with Crippen molar-refractivity contribution in [2.75, 3.05) is 18.0 Å². The van der Waals surface area contributed by atoms with Gasteiger partial charge in [-0.2, -0.15) is 5.10 Å². The Kier molecular flexibility index (Phi) is 6.63. The van der Waals surface area contributed by atoms with Crippen molar-refractivity contribution in [1.82, 2.24) is 20.2 Å². The Hall–Kier alpha value is -3.80. The fraction of sp³-hybridized carbons (Fsp3) is 0.259. The monoisotopic (exact) mass is 440 g/mol. The van der Waals surface area contributed by atoms with Crippen LogP contribution in [0, 0.1) is 0 Å². The third kappa shape index (κ3) is 4.55. The van der Waals surface area contributed by atoms with Crippen LogP contribution in [-0.4, -0.2) is 33.3 Å². The summed E-state index contributed by atoms with van der Waals surface area (Å²) in [4.78, 5) is 10.5. The number of allylic oxidation sites excluding steroid dienone is 5. The number of anilines is 1. The van der Waals surface area contributed by atoms with E-state index in [2.05, 4.69) is 44.3 Å². The van der Waals surface area contributed by atoms with Crippen LogP contribution in [0.4, 0.5) is 5.69 Å². The predicted molar refractivity (Wildman–Crippen MR) is 139 cm³/mol. The van der Waals surface area contributed by atoms with Crippen LogP contribution < -0.4 is 21.2 Å². The van der Waals surface area contributed by atoms with Crippen molar-refractivity contribution in [3.05, 3.63) is 77.3 Å². The van der Waals surface area contributed by atoms with Gasteiger partial charge in [-0.05, 0) is 68.6 Å². The zero-order valence-electron chi connectivity index (χ0n) is 19.5. The molecule has 0 unspecified atom stereocenters. The van der Waals surface area contributed by atoms with Crippen LogP contribution >= 0.6 is 0 Å². The van der Waals surface area contributed by atoms with E-state index in [1.807, 2.05) is 50.5 Å². The van der Waals surface area contributed by atoms with Gasteiger partial charge in [0, 0.05) is 29.4 Å². The smallest absolute Gasteiger partial charge is 0.116 e. The molecule has 0 spiro atoms. The summed E-state index contributed by atoms with van der Waals surface area (Å²) in [5, 5.41) is 10.9. The molecular weight excluding hydrogens is 408 g/mol. The molecule has 0 aliphatic carbocycles. The molecule has 0 radical (unpaired) electrons. The Bertz CT molecular complexity index is 1360. The van der Waals surface area contributed by atoms with E-state index in [-0.39, 0.29) is 0 Å². The minimum atomic E-state index is 0.598. The molecule has 3 aromatic rings. The van der Waals surface area contributed by atoms with Gasteiger partial charge in [0.25, 0.3) is 0 Å². The highest BCUT2D eigenvalue weighted by Crippen LogP contribution is 2.30. The number of piperidine rings is 1. The molecule has 4 heterocycles. The number of hydrogen-bond acceptors (Lipinski definition) is 4. The number of fused-ring (bicyclic) bond motifs is 1. The van der Waals surface area contributed by atoms with Crippen LogP contribution in [-0.2, 0) is 0 Å². The van der Waals surface area contributed by atoms with Gasteiger partial charge in [-0.3, -0.25) is 10.1 Å². The number of H-pyrrole nitrogens is 2. The predicted octanol–water partition coefficient (Wildman–Crippen LogP) is 4.06. The summed E-state index contributed by atoms with van der Waals surface area (Å²) in [5.41, 5.74) is 12.3. The molecule has 0 amide bonds. The van der Waals surface area contributed by atoms with Gasteiger partial charge >= 0.3 is 0 Å². The first kappa shape index (κ1) is 22.4. The number of aromatic amines is 2. The lowest BCUT2D eigenvalue weighted by molar-refractivity contribution is 0.578. The van der Waals surface area contributed by atoms with Gasteiger partial charge < -0.3 is 15.6 Å². The number of nitrogens with one attached hydrogen (secondary N) is 2. The van der Waals surface area contributed by atoms with E-state index in [4.69, 9.17) is 5.73 Å². The maximum atomic E-state index is 5.96. The molecule has 0 saturated carbocycles. The van der Waals surface area contributed by atoms with Crippen LogP contribution in [0.15, 0.2) is 66.7 Å². The van der Waals surface area contributed by atoms with Gasteiger partial charge in [-0.25, -0.2) is 0 Å². The Morgan fingerprint density at radius 3 is 2.67 bits per heavy atom. The SMILES string of the molecule is C=C/C(N)=C\C(=C/C)C(=C)/C=c1/c(-c2cc3c(N4CCCCC4)cncc3[nH]2)n[nH]/c1=C/C. The minimum Gasteiger partial charge on any atom is -0.399 e. The third-order valence-corrected chi connectivity index (χ3v) is 6.16. The quantitative estimate of drug-likeness (QED) is 0.505. The second-order valence-corrected chi connectivity index (χ2v) is 8.30. The molecule has 0 atom stereocenters. The molecule has 4 N–H and O–H groups in total. The topological polar surface area (TPSA) is 86.6 Å². The average Bonchev–Trinajstić information content (AvgIpc) is 3.46. The van der Waals surface area contributed by atoms with Crippen molar-refractivity contribution in [3.63, 3.8) is 0 Å². The van der Waals surface area contributed by atoms with Crippen LogP contribution in [0.2, 0.25) is 0 Å². The Morgan fingerprint density at radius 2 is 1.97 bits per heavy atom. The van der Waals surface area contributed by atoms with Gasteiger partial charge in [0.1, 0.15) is 5.69 Å². The van der Waals surface area contributed by atoms with Gasteiger partial charge in [-0.1, -0.05) is 25.3 Å². The van der Waals surface area contributed by atoms with Gasteiger partial charge in [0.05, 0.1) is 34.6 Å². The first-order chi connectivity index (χ1) is 16.0. The largest absolute Gasteiger partial charge is 0.399 e. The number of aromatic nitrogens is 4. The maximum Gasteiger partial charge on any atom is 0.116 e. The molecule has 0 bridgehead atoms. The summed E-state index contributed by atoms with van der Waals surface area (Å²) in [6.45, 7) is 14.1. The van der Waals surface area contributed by atoms with E-state index >= 15 is 0 Å². The lowest BCUT2D eigenvalue weighted by atomic mass is 10.0. The zero-order valence-corrected chi connectivity index (χ0v) is 19.5. The Morgan fingerprint density at radius 1 is 1.18 bits per heavy atom. The summed E-state index contributed by atoms with van der Waals surface area (Å²) in [5.74, 6) is 0. The minimum absolute atomic E-state index is 0.598. The van der Waals surface area contributed by atoms with Gasteiger partial charge in [-0.15, -0.1) is 0 Å². The number of nitrogens with two attached hydrogens (primary N) is 1. The summed E-state index contributed by atoms with van der Waals surface area (Å²) in [6, 6.07) is 2.18. The zero-order chi connectivity index (χ0) is 23.4. The molecule has 6 nitrogen and oxygen atoms in total. The number of pyridine rings is 1. The maximum absolute atomic E-state index is 5.96. The summed E-state index contributed by atoms with van der Waals surface area (Å²) >= 11 is 0. The van der Waals surface area contributed by atoms with Crippen LogP contribution in [0.3, 0.4) is 0 Å². The third-order valence-electron chi connectivity index (χ3n) is 6.16. The van der Waals surface area contributed by atoms with Crippen molar-refractivity contribution in [1.29, 1.82) is 0 Å². The van der Waals surface area contributed by atoms with Crippen LogP contribution in [0.1, 0.15) is 33.1 Å². The first-order valence-electron chi connectivity index (χ1n) is 11.5. The van der Waals surface area contributed by atoms with Crippen molar-refractivity contribution >= 4 is 28.7 Å². The highest BCUT2D eigenvalue weighted by atomic mass is 15.1. The van der Waals surface area contributed by atoms with E-state index in [9.17, 15) is 0 Å². The molecule has 4 rings (SSSR count). The first-order valence-corrected chi connectivity index (χ1v) is 11.5. The van der Waals surface area contributed by atoms with Crippen molar-refractivity contribution < 1.29 is 0 Å². The van der Waals surface area contributed by atoms with Crippen LogP contribution in [0.5, 0.6) is 0 Å². The molecule has 6 heteroatoms. The molecule has 170 valence electrons. The van der Waals surface area contributed by atoms with Gasteiger partial charge in [0.15, 0.2) is 0 Å². The van der Waals surface area contributed by atoms with E-state index in [0.717, 1.165) is 51.7 Å². The number of rotatable bonds is 6. The van der Waals surface area contributed by atoms with E-state index < -0.39 is 0 Å². The summed E-state index contributed by atoms with van der Waals surface area (Å²) in [7, 11) is 0. The fourth-order valence-corrected chi connectivity index (χ4v) is 4.34. The van der Waals surface area contributed by atoms with E-state index in [1.54, 1.807) is 6.08 Å². The summed E-state index contributed by atoms with van der Waals surface area (Å²) < 4.78 is 0. The molecule has 1 aliphatic heterocycles. The molecule has 3 aromatic heterocycles. The molecule has 0 aromatic carbocycles. The molecule has 1 fully saturated rings. The summed E-state index contributed by atoms with van der Waals surface area (Å²) in [6.07, 6.45) is 17.2. The number of nitrogens with zero attached hydrogens (tertiary/aromatic N) is 3. The molecular formula is C27H32N6. The lowest BCUT2D eigenvalue weighted by Crippen LogP contribution is -2.29. The van der Waals surface area contributed by atoms with Crippen molar-refractivity contribution in [3.8, 4) is 11.4 Å². The normalized spacial score (nSPS) is 16.6. The number of hydrogen-bond donors (Lipinski definition) is 3.